The van der Waals surface area contributed by atoms with Crippen LogP contribution >= 0.6 is 11.8 Å². The first kappa shape index (κ1) is 14.9. The Labute approximate surface area is 123 Å². The van der Waals surface area contributed by atoms with Gasteiger partial charge in [-0.1, -0.05) is 16.8 Å². The second kappa shape index (κ2) is 6.27. The summed E-state index contributed by atoms with van der Waals surface area (Å²) in [7, 11) is 1.54. The van der Waals surface area contributed by atoms with E-state index in [1.54, 1.807) is 18.2 Å². The summed E-state index contributed by atoms with van der Waals surface area (Å²) in [6.07, 6.45) is 0. The molecule has 0 saturated carbocycles. The molecule has 0 bridgehead atoms. The molecule has 2 rings (SSSR count). The van der Waals surface area contributed by atoms with Crippen LogP contribution in [0.3, 0.4) is 0 Å². The van der Waals surface area contributed by atoms with Crippen molar-refractivity contribution in [1.29, 1.82) is 0 Å². The number of nitrogens with one attached hydrogen (secondary N) is 1. The van der Waals surface area contributed by atoms with Crippen LogP contribution in [-0.2, 0) is 11.8 Å². The highest BCUT2D eigenvalue weighted by atomic mass is 32.2. The molecule has 9 heteroatoms. The molecule has 21 heavy (non-hydrogen) atoms. The number of aromatic nitrogens is 2. The maximum Gasteiger partial charge on any atom is 0.291 e. The van der Waals surface area contributed by atoms with Crippen LogP contribution in [0.5, 0.6) is 5.95 Å². The van der Waals surface area contributed by atoms with Crippen molar-refractivity contribution in [3.05, 3.63) is 29.8 Å². The number of aryl methyl sites for hydroxylation is 1. The highest BCUT2D eigenvalue weighted by molar-refractivity contribution is 7.99. The molecule has 0 saturated heterocycles. The van der Waals surface area contributed by atoms with Crippen molar-refractivity contribution in [2.75, 3.05) is 11.1 Å². The zero-order chi connectivity index (χ0) is 15.4. The number of hydrogen-bond acceptors (Lipinski definition) is 6. The number of rotatable bonds is 5. The number of amides is 2. The highest BCUT2D eigenvalue weighted by Crippen LogP contribution is 2.21. The molecule has 0 aliphatic rings. The lowest BCUT2D eigenvalue weighted by Gasteiger charge is -2.07. The van der Waals surface area contributed by atoms with Gasteiger partial charge in [-0.05, 0) is 23.9 Å². The van der Waals surface area contributed by atoms with Gasteiger partial charge in [-0.2, -0.15) is 0 Å². The van der Waals surface area contributed by atoms with E-state index >= 15 is 0 Å². The summed E-state index contributed by atoms with van der Waals surface area (Å²) in [4.78, 5) is 23.1. The van der Waals surface area contributed by atoms with E-state index in [-0.39, 0.29) is 22.2 Å². The van der Waals surface area contributed by atoms with Gasteiger partial charge in [-0.3, -0.25) is 9.59 Å². The number of primary amides is 1. The van der Waals surface area contributed by atoms with Crippen LogP contribution in [0.25, 0.3) is 0 Å². The van der Waals surface area contributed by atoms with Crippen molar-refractivity contribution < 1.29 is 23.9 Å². The van der Waals surface area contributed by atoms with Gasteiger partial charge < -0.3 is 20.7 Å². The Morgan fingerprint density at radius 3 is 2.81 bits per heavy atom. The Morgan fingerprint density at radius 2 is 2.19 bits per heavy atom. The van der Waals surface area contributed by atoms with Gasteiger partial charge in [0.25, 0.3) is 10.9 Å². The summed E-state index contributed by atoms with van der Waals surface area (Å²) in [6, 6.07) is 6.40. The monoisotopic (exact) mass is 308 g/mol. The number of anilines is 1. The predicted octanol–water partition coefficient (Wildman–Crippen LogP) is -0.598. The molecule has 2 aromatic rings. The molecular formula is C12H12N4O4S. The highest BCUT2D eigenvalue weighted by Gasteiger charge is 2.17. The van der Waals surface area contributed by atoms with E-state index in [4.69, 9.17) is 5.73 Å². The molecule has 110 valence electrons. The van der Waals surface area contributed by atoms with E-state index in [1.807, 2.05) is 0 Å². The molecule has 2 amide bonds. The van der Waals surface area contributed by atoms with Gasteiger partial charge >= 0.3 is 0 Å². The first-order valence-electron chi connectivity index (χ1n) is 5.83. The second-order valence-corrected chi connectivity index (χ2v) is 5.00. The number of hydrogen-bond donors (Lipinski definition) is 2. The van der Waals surface area contributed by atoms with Crippen molar-refractivity contribution in [2.45, 2.75) is 5.03 Å². The Kier molecular flexibility index (Phi) is 4.43. The van der Waals surface area contributed by atoms with Gasteiger partial charge in [-0.25, -0.2) is 0 Å². The van der Waals surface area contributed by atoms with Crippen molar-refractivity contribution in [1.82, 2.24) is 5.27 Å². The van der Waals surface area contributed by atoms with Crippen LogP contribution in [0.2, 0.25) is 0 Å². The fraction of sp³-hybridized carbons (Fsp3) is 0.167. The SMILES string of the molecule is C[n+]1noc([O-])c1SCC(=O)Nc1ccccc1C(N)=O. The molecule has 3 N–H and O–H groups in total. The average molecular weight is 308 g/mol. The van der Waals surface area contributed by atoms with Gasteiger partial charge in [0.05, 0.1) is 22.3 Å². The van der Waals surface area contributed by atoms with E-state index in [2.05, 4.69) is 15.1 Å². The number of benzene rings is 1. The van der Waals surface area contributed by atoms with Crippen molar-refractivity contribution >= 4 is 29.3 Å². The predicted molar refractivity (Wildman–Crippen MR) is 71.4 cm³/mol. The Bertz CT molecular complexity index is 666. The van der Waals surface area contributed by atoms with Crippen LogP contribution in [0, 0.1) is 0 Å². The minimum absolute atomic E-state index is 0.0304. The molecule has 0 spiro atoms. The Morgan fingerprint density at radius 1 is 1.48 bits per heavy atom. The van der Waals surface area contributed by atoms with E-state index in [1.165, 1.54) is 17.8 Å². The maximum absolute atomic E-state index is 11.9. The third-order valence-corrected chi connectivity index (χ3v) is 3.63. The van der Waals surface area contributed by atoms with Gasteiger partial charge in [0.15, 0.2) is 13.0 Å². The van der Waals surface area contributed by atoms with Crippen LogP contribution in [0.1, 0.15) is 10.4 Å². The quantitative estimate of drug-likeness (QED) is 0.561. The number of carbonyl (C=O) groups is 2. The number of carbonyl (C=O) groups excluding carboxylic acids is 2. The topological polar surface area (TPSA) is 125 Å². The molecule has 0 unspecified atom stereocenters. The summed E-state index contributed by atoms with van der Waals surface area (Å²) in [5, 5.41) is 17.5. The van der Waals surface area contributed by atoms with Gasteiger partial charge in [0.1, 0.15) is 0 Å². The van der Waals surface area contributed by atoms with E-state index in [0.717, 1.165) is 11.8 Å². The Balaban J connectivity index is 2.01. The minimum atomic E-state index is -0.633. The van der Waals surface area contributed by atoms with Crippen molar-refractivity contribution in [3.63, 3.8) is 0 Å². The van der Waals surface area contributed by atoms with Crippen LogP contribution in [-0.4, -0.2) is 22.8 Å². The summed E-state index contributed by atoms with van der Waals surface area (Å²) in [5.41, 5.74) is 5.77. The molecule has 0 radical (unpaired) electrons. The lowest BCUT2D eigenvalue weighted by molar-refractivity contribution is -0.772. The van der Waals surface area contributed by atoms with E-state index in [9.17, 15) is 14.7 Å². The number of nitrogens with zero attached hydrogens (tertiary/aromatic N) is 2. The third kappa shape index (κ3) is 3.51. The zero-order valence-corrected chi connectivity index (χ0v) is 11.8. The van der Waals surface area contributed by atoms with Gasteiger partial charge in [0, 0.05) is 0 Å². The second-order valence-electron chi connectivity index (χ2n) is 4.04. The number of para-hydroxylation sites is 1. The van der Waals surface area contributed by atoms with Crippen LogP contribution in [0.15, 0.2) is 33.8 Å². The number of thioether (sulfide) groups is 1. The van der Waals surface area contributed by atoms with Gasteiger partial charge in [-0.15, -0.1) is 0 Å². The summed E-state index contributed by atoms with van der Waals surface area (Å²) in [6.45, 7) is 0. The minimum Gasteiger partial charge on any atom is -0.538 e. The van der Waals surface area contributed by atoms with E-state index in [0.29, 0.717) is 5.69 Å². The molecule has 0 aliphatic carbocycles. The smallest absolute Gasteiger partial charge is 0.291 e. The molecule has 0 fully saturated rings. The molecule has 0 atom stereocenters. The first-order valence-corrected chi connectivity index (χ1v) is 6.82. The van der Waals surface area contributed by atoms with E-state index < -0.39 is 11.9 Å². The number of nitrogens with two attached hydrogens (primary N) is 1. The normalized spacial score (nSPS) is 10.3. The zero-order valence-electron chi connectivity index (χ0n) is 11.0. The van der Waals surface area contributed by atoms with Crippen LogP contribution in [0.4, 0.5) is 5.69 Å². The average Bonchev–Trinajstić information content (AvgIpc) is 2.76. The first-order chi connectivity index (χ1) is 9.99. The molecule has 0 aliphatic heterocycles. The maximum atomic E-state index is 11.9. The molecular weight excluding hydrogens is 296 g/mol. The van der Waals surface area contributed by atoms with Gasteiger partial charge in [0.2, 0.25) is 5.91 Å². The summed E-state index contributed by atoms with van der Waals surface area (Å²) < 4.78 is 5.69. The largest absolute Gasteiger partial charge is 0.538 e. The fourth-order valence-electron chi connectivity index (χ4n) is 1.59. The fourth-order valence-corrected chi connectivity index (χ4v) is 2.30. The summed E-state index contributed by atoms with van der Waals surface area (Å²) >= 11 is 0.988. The molecule has 1 aromatic heterocycles. The third-order valence-electron chi connectivity index (χ3n) is 2.52. The van der Waals surface area contributed by atoms with Crippen molar-refractivity contribution in [3.8, 4) is 5.95 Å². The molecule has 8 nitrogen and oxygen atoms in total. The molecule has 1 heterocycles. The van der Waals surface area contributed by atoms with Crippen LogP contribution < -0.4 is 20.8 Å². The lowest BCUT2D eigenvalue weighted by atomic mass is 10.1. The Hall–Kier alpha value is -2.55. The summed E-state index contributed by atoms with van der Waals surface area (Å²) in [5.74, 6) is -1.65. The lowest BCUT2D eigenvalue weighted by Crippen LogP contribution is -2.32. The standard InChI is InChI=1S/C12H12N4O4S/c1-16-11(12(19)20-15-16)21-6-9(17)14-8-5-3-2-4-7(8)10(13)18/h2-5H,6H2,1H3,(H3-,13,14,15,17,18,19). The molecule has 1 aromatic carbocycles. The van der Waals surface area contributed by atoms with Crippen molar-refractivity contribution in [2.24, 2.45) is 12.8 Å².